The maximum atomic E-state index is 12.3. The van der Waals surface area contributed by atoms with Gasteiger partial charge in [-0.05, 0) is 43.9 Å². The van der Waals surface area contributed by atoms with Crippen molar-refractivity contribution >= 4 is 17.6 Å². The zero-order valence-corrected chi connectivity index (χ0v) is 12.5. The number of hydrogen-bond acceptors (Lipinski definition) is 4. The molecular weight excluding hydrogens is 282 g/mol. The van der Waals surface area contributed by atoms with Gasteiger partial charge in [0, 0.05) is 5.69 Å². The fourth-order valence-corrected chi connectivity index (χ4v) is 2.68. The summed E-state index contributed by atoms with van der Waals surface area (Å²) in [5, 5.41) is 15.2. The molecule has 5 N–H and O–H groups in total. The van der Waals surface area contributed by atoms with E-state index in [1.807, 2.05) is 24.3 Å². The highest BCUT2D eigenvalue weighted by molar-refractivity contribution is 5.96. The molecule has 6 heteroatoms. The van der Waals surface area contributed by atoms with E-state index in [0.717, 1.165) is 30.5 Å². The summed E-state index contributed by atoms with van der Waals surface area (Å²) in [6.07, 6.45) is 3.32. The Kier molecular flexibility index (Phi) is 5.91. The molecule has 0 saturated heterocycles. The van der Waals surface area contributed by atoms with Gasteiger partial charge in [-0.3, -0.25) is 14.9 Å². The number of nitrogens with one attached hydrogen (secondary N) is 2. The first-order valence-corrected chi connectivity index (χ1v) is 7.69. The van der Waals surface area contributed by atoms with Crippen LogP contribution in [0.15, 0.2) is 24.3 Å². The number of carbonyl (C=O) groups is 2. The highest BCUT2D eigenvalue weighted by Crippen LogP contribution is 2.21. The fourth-order valence-electron chi connectivity index (χ4n) is 2.68. The van der Waals surface area contributed by atoms with Gasteiger partial charge in [0.25, 0.3) is 0 Å². The van der Waals surface area contributed by atoms with Gasteiger partial charge >= 0.3 is 5.97 Å². The summed E-state index contributed by atoms with van der Waals surface area (Å²) < 4.78 is 0. The Balaban J connectivity index is 1.99. The molecule has 1 aromatic carbocycles. The third-order valence-electron chi connectivity index (χ3n) is 3.94. The molecule has 22 heavy (non-hydrogen) atoms. The number of hydrogen-bond donors (Lipinski definition) is 4. The van der Waals surface area contributed by atoms with E-state index in [2.05, 4.69) is 10.6 Å². The molecule has 1 amide bonds. The summed E-state index contributed by atoms with van der Waals surface area (Å²) in [6, 6.07) is 6.44. The van der Waals surface area contributed by atoms with Gasteiger partial charge in [0.1, 0.15) is 6.04 Å². The topological polar surface area (TPSA) is 104 Å². The molecule has 0 aliphatic carbocycles. The van der Waals surface area contributed by atoms with Gasteiger partial charge in [0.15, 0.2) is 0 Å². The molecule has 0 bridgehead atoms. The van der Waals surface area contributed by atoms with E-state index in [9.17, 15) is 14.7 Å². The minimum absolute atomic E-state index is 0.171. The average Bonchev–Trinajstić information content (AvgIpc) is 2.65. The van der Waals surface area contributed by atoms with Gasteiger partial charge < -0.3 is 16.2 Å². The minimum atomic E-state index is -0.924. The molecule has 1 aromatic rings. The lowest BCUT2D eigenvalue weighted by Gasteiger charge is -2.21. The molecule has 0 spiro atoms. The van der Waals surface area contributed by atoms with Crippen LogP contribution in [-0.2, 0) is 16.0 Å². The maximum Gasteiger partial charge on any atom is 0.320 e. The Morgan fingerprint density at radius 3 is 2.91 bits per heavy atom. The van der Waals surface area contributed by atoms with E-state index in [0.29, 0.717) is 19.4 Å². The van der Waals surface area contributed by atoms with Crippen molar-refractivity contribution in [2.75, 3.05) is 11.9 Å². The second-order valence-electron chi connectivity index (χ2n) is 5.58. The Hall–Kier alpha value is -1.92. The minimum Gasteiger partial charge on any atom is -0.480 e. The van der Waals surface area contributed by atoms with E-state index in [1.54, 1.807) is 0 Å². The number of nitrogens with two attached hydrogens (primary N) is 1. The molecule has 2 rings (SSSR count). The molecular formula is C16H23N3O3. The van der Waals surface area contributed by atoms with Crippen LogP contribution in [-0.4, -0.2) is 35.6 Å². The van der Waals surface area contributed by atoms with Crippen LogP contribution in [0.4, 0.5) is 5.69 Å². The number of fused-ring (bicyclic) bond motifs is 1. The summed E-state index contributed by atoms with van der Waals surface area (Å²) in [7, 11) is 0. The summed E-state index contributed by atoms with van der Waals surface area (Å²) in [6.45, 7) is 0.547. The Bertz CT molecular complexity index is 533. The number of carboxylic acid groups (broad SMARTS) is 1. The van der Waals surface area contributed by atoms with Crippen molar-refractivity contribution in [3.05, 3.63) is 29.8 Å². The molecule has 2 atom stereocenters. The van der Waals surface area contributed by atoms with E-state index in [4.69, 9.17) is 5.73 Å². The second kappa shape index (κ2) is 7.91. The van der Waals surface area contributed by atoms with Crippen LogP contribution in [0.25, 0.3) is 0 Å². The van der Waals surface area contributed by atoms with Gasteiger partial charge in [0.05, 0.1) is 6.04 Å². The molecule has 6 nitrogen and oxygen atoms in total. The average molecular weight is 305 g/mol. The summed E-state index contributed by atoms with van der Waals surface area (Å²) >= 11 is 0. The first kappa shape index (κ1) is 16.5. The van der Waals surface area contributed by atoms with Crippen LogP contribution in [0.3, 0.4) is 0 Å². The predicted octanol–water partition coefficient (Wildman–Crippen LogP) is 1.11. The zero-order valence-electron chi connectivity index (χ0n) is 12.5. The van der Waals surface area contributed by atoms with Crippen LogP contribution in [0.2, 0.25) is 0 Å². The molecule has 1 aliphatic heterocycles. The third kappa shape index (κ3) is 4.29. The number of rotatable bonds is 7. The summed E-state index contributed by atoms with van der Waals surface area (Å²) in [4.78, 5) is 23.6. The van der Waals surface area contributed by atoms with Gasteiger partial charge in [-0.1, -0.05) is 24.6 Å². The van der Waals surface area contributed by atoms with Gasteiger partial charge in [-0.15, -0.1) is 0 Å². The monoisotopic (exact) mass is 305 g/mol. The number of unbranched alkanes of at least 4 members (excludes halogenated alkanes) is 1. The molecule has 1 aliphatic rings. The number of benzene rings is 1. The van der Waals surface area contributed by atoms with Crippen molar-refractivity contribution in [2.45, 2.75) is 44.2 Å². The highest BCUT2D eigenvalue weighted by atomic mass is 16.4. The lowest BCUT2D eigenvalue weighted by Crippen LogP contribution is -2.48. The summed E-state index contributed by atoms with van der Waals surface area (Å²) in [5.41, 5.74) is 7.33. The van der Waals surface area contributed by atoms with Crippen LogP contribution < -0.4 is 16.4 Å². The molecule has 0 aromatic heterocycles. The lowest BCUT2D eigenvalue weighted by atomic mass is 10.0. The number of aryl methyl sites for hydroxylation is 1. The summed E-state index contributed by atoms with van der Waals surface area (Å²) in [5.74, 6) is -1.10. The standard InChI is InChI=1S/C16H23N3O3/c17-10-4-3-7-14(16(21)22)18-13-9-8-11-5-1-2-6-12(11)19-15(13)20/h1-2,5-6,13-14,18H,3-4,7-10,17H2,(H,19,20)(H,21,22)/t13-,14?/m0/s1. The van der Waals surface area contributed by atoms with Gasteiger partial charge in [-0.25, -0.2) is 0 Å². The van der Waals surface area contributed by atoms with Crippen molar-refractivity contribution in [3.63, 3.8) is 0 Å². The second-order valence-corrected chi connectivity index (χ2v) is 5.58. The molecule has 0 radical (unpaired) electrons. The van der Waals surface area contributed by atoms with E-state index in [1.165, 1.54) is 0 Å². The number of aliphatic carboxylic acids is 1. The van der Waals surface area contributed by atoms with E-state index in [-0.39, 0.29) is 5.91 Å². The lowest BCUT2D eigenvalue weighted by molar-refractivity contribution is -0.140. The van der Waals surface area contributed by atoms with Crippen molar-refractivity contribution < 1.29 is 14.7 Å². The quantitative estimate of drug-likeness (QED) is 0.565. The van der Waals surface area contributed by atoms with Crippen molar-refractivity contribution in [2.24, 2.45) is 5.73 Å². The Morgan fingerprint density at radius 1 is 1.41 bits per heavy atom. The zero-order chi connectivity index (χ0) is 15.9. The van der Waals surface area contributed by atoms with Crippen LogP contribution in [0.5, 0.6) is 0 Å². The third-order valence-corrected chi connectivity index (χ3v) is 3.94. The van der Waals surface area contributed by atoms with E-state index < -0.39 is 18.1 Å². The number of carboxylic acids is 1. The Morgan fingerprint density at radius 2 is 2.18 bits per heavy atom. The normalized spacial score (nSPS) is 19.0. The van der Waals surface area contributed by atoms with Crippen LogP contribution in [0.1, 0.15) is 31.2 Å². The van der Waals surface area contributed by atoms with E-state index >= 15 is 0 Å². The highest BCUT2D eigenvalue weighted by Gasteiger charge is 2.28. The molecule has 0 saturated carbocycles. The van der Waals surface area contributed by atoms with Crippen molar-refractivity contribution in [1.29, 1.82) is 0 Å². The number of carbonyl (C=O) groups excluding carboxylic acids is 1. The number of para-hydroxylation sites is 1. The first-order chi connectivity index (χ1) is 10.6. The van der Waals surface area contributed by atoms with Crippen molar-refractivity contribution in [3.8, 4) is 0 Å². The maximum absolute atomic E-state index is 12.3. The number of amides is 1. The smallest absolute Gasteiger partial charge is 0.320 e. The fraction of sp³-hybridized carbons (Fsp3) is 0.500. The number of anilines is 1. The van der Waals surface area contributed by atoms with Crippen LogP contribution >= 0.6 is 0 Å². The molecule has 120 valence electrons. The van der Waals surface area contributed by atoms with Crippen molar-refractivity contribution in [1.82, 2.24) is 5.32 Å². The largest absolute Gasteiger partial charge is 0.480 e. The molecule has 1 unspecified atom stereocenters. The Labute approximate surface area is 130 Å². The SMILES string of the molecule is NCCCCC(N[C@H]1CCc2ccccc2NC1=O)C(=O)O. The van der Waals surface area contributed by atoms with Gasteiger partial charge in [-0.2, -0.15) is 0 Å². The molecule has 1 heterocycles. The first-order valence-electron chi connectivity index (χ1n) is 7.69. The molecule has 0 fully saturated rings. The van der Waals surface area contributed by atoms with Gasteiger partial charge in [0.2, 0.25) is 5.91 Å². The van der Waals surface area contributed by atoms with Crippen LogP contribution in [0, 0.1) is 0 Å². The predicted molar refractivity (Wildman–Crippen MR) is 84.6 cm³/mol.